The van der Waals surface area contributed by atoms with Gasteiger partial charge in [-0.05, 0) is 38.5 Å². The van der Waals surface area contributed by atoms with E-state index < -0.39 is 0 Å². The molecule has 0 aliphatic heterocycles. The van der Waals surface area contributed by atoms with Crippen LogP contribution < -0.4 is 5.32 Å². The van der Waals surface area contributed by atoms with E-state index in [1.165, 1.54) is 11.4 Å². The Labute approximate surface area is 162 Å². The molecule has 0 bridgehead atoms. The molecule has 24 heavy (non-hydrogen) atoms. The molecule has 134 valence electrons. The van der Waals surface area contributed by atoms with E-state index in [4.69, 9.17) is 0 Å². The van der Waals surface area contributed by atoms with Crippen molar-refractivity contribution in [1.29, 1.82) is 0 Å². The lowest BCUT2D eigenvalue weighted by Gasteiger charge is -2.22. The minimum atomic E-state index is 0. The monoisotopic (exact) mass is 444 g/mol. The molecule has 2 aromatic heterocycles. The zero-order valence-corrected chi connectivity index (χ0v) is 17.6. The number of hydrogen-bond acceptors (Lipinski definition) is 2. The summed E-state index contributed by atoms with van der Waals surface area (Å²) < 4.78 is 4.19. The fourth-order valence-corrected chi connectivity index (χ4v) is 2.69. The number of hydrogen-bond donors (Lipinski definition) is 1. The third kappa shape index (κ3) is 5.54. The molecule has 0 fully saturated rings. The average molecular weight is 444 g/mol. The van der Waals surface area contributed by atoms with Crippen LogP contribution in [0.25, 0.3) is 0 Å². The first-order valence-corrected chi connectivity index (χ1v) is 8.04. The van der Waals surface area contributed by atoms with Crippen molar-refractivity contribution in [2.75, 3.05) is 20.6 Å². The minimum absolute atomic E-state index is 0. The largest absolute Gasteiger partial charge is 0.356 e. The van der Waals surface area contributed by atoms with Gasteiger partial charge >= 0.3 is 0 Å². The van der Waals surface area contributed by atoms with Gasteiger partial charge in [0.1, 0.15) is 0 Å². The molecule has 2 aromatic rings. The molecule has 0 saturated carbocycles. The van der Waals surface area contributed by atoms with E-state index in [2.05, 4.69) is 75.0 Å². The van der Waals surface area contributed by atoms with Gasteiger partial charge in [-0.3, -0.25) is 9.67 Å². The van der Waals surface area contributed by atoms with Crippen molar-refractivity contribution in [1.82, 2.24) is 24.6 Å². The summed E-state index contributed by atoms with van der Waals surface area (Å²) in [7, 11) is 5.95. The van der Waals surface area contributed by atoms with Gasteiger partial charge in [0.05, 0.1) is 12.2 Å². The molecule has 0 aromatic carbocycles. The van der Waals surface area contributed by atoms with Gasteiger partial charge < -0.3 is 14.8 Å². The summed E-state index contributed by atoms with van der Waals surface area (Å²) in [5, 5.41) is 7.91. The Morgan fingerprint density at radius 2 is 2.12 bits per heavy atom. The highest BCUT2D eigenvalue weighted by Crippen LogP contribution is 2.04. The van der Waals surface area contributed by atoms with E-state index in [1.807, 2.05) is 14.0 Å². The summed E-state index contributed by atoms with van der Waals surface area (Å²) in [5.74, 6) is 0.916. The molecule has 0 spiro atoms. The highest BCUT2D eigenvalue weighted by atomic mass is 127. The van der Waals surface area contributed by atoms with Gasteiger partial charge in [-0.1, -0.05) is 0 Å². The van der Waals surface area contributed by atoms with Crippen LogP contribution in [0.15, 0.2) is 29.4 Å². The maximum atomic E-state index is 4.49. The van der Waals surface area contributed by atoms with Gasteiger partial charge in [0, 0.05) is 51.8 Å². The molecule has 0 unspecified atom stereocenters. The van der Waals surface area contributed by atoms with Crippen molar-refractivity contribution in [3.63, 3.8) is 0 Å². The van der Waals surface area contributed by atoms with E-state index in [-0.39, 0.29) is 24.0 Å². The SMILES string of the molecule is CN=C(NCCCn1nc(C)cc1C)N(C)Cc1cccn1C.I. The van der Waals surface area contributed by atoms with Crippen LogP contribution >= 0.6 is 24.0 Å². The summed E-state index contributed by atoms with van der Waals surface area (Å²) in [5.41, 5.74) is 3.55. The van der Waals surface area contributed by atoms with Gasteiger partial charge in [0.25, 0.3) is 0 Å². The molecule has 0 aliphatic carbocycles. The van der Waals surface area contributed by atoms with E-state index >= 15 is 0 Å². The van der Waals surface area contributed by atoms with Crippen molar-refractivity contribution < 1.29 is 0 Å². The van der Waals surface area contributed by atoms with Gasteiger partial charge in [-0.2, -0.15) is 5.10 Å². The zero-order valence-electron chi connectivity index (χ0n) is 15.3. The summed E-state index contributed by atoms with van der Waals surface area (Å²) in [6, 6.07) is 6.31. The Balaban J connectivity index is 0.00000288. The number of halogens is 1. The van der Waals surface area contributed by atoms with Gasteiger partial charge in [-0.25, -0.2) is 0 Å². The molecule has 0 aliphatic rings. The Morgan fingerprint density at radius 3 is 2.67 bits per heavy atom. The molecule has 0 atom stereocenters. The van der Waals surface area contributed by atoms with Crippen LogP contribution in [0.2, 0.25) is 0 Å². The summed E-state index contributed by atoms with van der Waals surface area (Å²) >= 11 is 0. The van der Waals surface area contributed by atoms with Crippen LogP contribution in [0.3, 0.4) is 0 Å². The molecular formula is C17H29IN6. The summed E-state index contributed by atoms with van der Waals surface area (Å²) in [6.07, 6.45) is 3.08. The Hall–Kier alpha value is -1.51. The number of nitrogens with zero attached hydrogens (tertiary/aromatic N) is 5. The van der Waals surface area contributed by atoms with Crippen LogP contribution in [0, 0.1) is 13.8 Å². The van der Waals surface area contributed by atoms with Crippen LogP contribution in [0.1, 0.15) is 23.5 Å². The predicted molar refractivity (Wildman–Crippen MR) is 110 cm³/mol. The standard InChI is InChI=1S/C17H28N6.HI/c1-14-12-15(2)23(20-14)11-7-9-19-17(18-3)22(5)13-16-8-6-10-21(16)4;/h6,8,10,12H,7,9,11,13H2,1-5H3,(H,18,19);1H. The fourth-order valence-electron chi connectivity index (χ4n) is 2.69. The number of guanidine groups is 1. The molecule has 0 amide bonds. The first kappa shape index (κ1) is 20.5. The number of rotatable bonds is 6. The maximum absolute atomic E-state index is 4.49. The second-order valence-corrected chi connectivity index (χ2v) is 5.94. The fraction of sp³-hybridized carbons (Fsp3) is 0.529. The van der Waals surface area contributed by atoms with Crippen molar-refractivity contribution >= 4 is 29.9 Å². The van der Waals surface area contributed by atoms with E-state index in [1.54, 1.807) is 0 Å². The normalized spacial score (nSPS) is 11.3. The molecule has 7 heteroatoms. The lowest BCUT2D eigenvalue weighted by molar-refractivity contribution is 0.457. The summed E-state index contributed by atoms with van der Waals surface area (Å²) in [6.45, 7) is 6.76. The molecule has 2 heterocycles. The molecule has 1 N–H and O–H groups in total. The molecule has 0 radical (unpaired) electrons. The third-order valence-corrected chi connectivity index (χ3v) is 3.96. The van der Waals surface area contributed by atoms with Gasteiger partial charge in [0.2, 0.25) is 0 Å². The smallest absolute Gasteiger partial charge is 0.193 e. The van der Waals surface area contributed by atoms with Crippen LogP contribution in [0.4, 0.5) is 0 Å². The predicted octanol–water partition coefficient (Wildman–Crippen LogP) is 2.55. The third-order valence-electron chi connectivity index (χ3n) is 3.96. The zero-order chi connectivity index (χ0) is 16.8. The number of aliphatic imine (C=N–C) groups is 1. The molecule has 6 nitrogen and oxygen atoms in total. The van der Waals surface area contributed by atoms with Gasteiger partial charge in [0.15, 0.2) is 5.96 Å². The summed E-state index contributed by atoms with van der Waals surface area (Å²) in [4.78, 5) is 6.50. The topological polar surface area (TPSA) is 50.4 Å². The van der Waals surface area contributed by atoms with Crippen molar-refractivity contribution in [3.05, 3.63) is 41.5 Å². The Morgan fingerprint density at radius 1 is 1.38 bits per heavy atom. The Kier molecular flexibility index (Phi) is 8.30. The first-order chi connectivity index (χ1) is 11.0. The number of aromatic nitrogens is 3. The number of aryl methyl sites for hydroxylation is 4. The Bertz CT molecular complexity index is 658. The highest BCUT2D eigenvalue weighted by Gasteiger charge is 2.08. The minimum Gasteiger partial charge on any atom is -0.356 e. The van der Waals surface area contributed by atoms with Crippen LogP contribution in [-0.2, 0) is 20.1 Å². The lowest BCUT2D eigenvalue weighted by Crippen LogP contribution is -2.39. The van der Waals surface area contributed by atoms with Crippen molar-refractivity contribution in [3.8, 4) is 0 Å². The van der Waals surface area contributed by atoms with E-state index in [9.17, 15) is 0 Å². The van der Waals surface area contributed by atoms with Crippen molar-refractivity contribution in [2.24, 2.45) is 12.0 Å². The van der Waals surface area contributed by atoms with E-state index in [0.717, 1.165) is 37.7 Å². The maximum Gasteiger partial charge on any atom is 0.193 e. The molecule has 0 saturated heterocycles. The van der Waals surface area contributed by atoms with E-state index in [0.29, 0.717) is 0 Å². The quantitative estimate of drug-likeness (QED) is 0.323. The van der Waals surface area contributed by atoms with Crippen LogP contribution in [-0.4, -0.2) is 45.8 Å². The average Bonchev–Trinajstić information content (AvgIpc) is 3.04. The molecular weight excluding hydrogens is 415 g/mol. The first-order valence-electron chi connectivity index (χ1n) is 8.04. The van der Waals surface area contributed by atoms with Gasteiger partial charge in [-0.15, -0.1) is 24.0 Å². The highest BCUT2D eigenvalue weighted by molar-refractivity contribution is 14.0. The number of nitrogens with one attached hydrogen (secondary N) is 1. The second kappa shape index (κ2) is 9.71. The molecule has 2 rings (SSSR count). The van der Waals surface area contributed by atoms with Crippen LogP contribution in [0.5, 0.6) is 0 Å². The second-order valence-electron chi connectivity index (χ2n) is 5.94. The van der Waals surface area contributed by atoms with Crippen molar-refractivity contribution in [2.45, 2.75) is 33.4 Å². The lowest BCUT2D eigenvalue weighted by atomic mass is 10.3.